The molecular formula is C18H16BrFN2O2S2. The number of halogens is 2. The highest BCUT2D eigenvalue weighted by atomic mass is 79.9. The lowest BCUT2D eigenvalue weighted by atomic mass is 10.1. The fourth-order valence-electron chi connectivity index (χ4n) is 2.22. The first-order valence-electron chi connectivity index (χ1n) is 7.79. The van der Waals surface area contributed by atoms with Gasteiger partial charge in [0.1, 0.15) is 11.4 Å². The normalized spacial score (nSPS) is 11.7. The summed E-state index contributed by atoms with van der Waals surface area (Å²) in [5.74, 6) is -0.448. The number of carbonyl (C=O) groups is 1. The highest BCUT2D eigenvalue weighted by molar-refractivity contribution is 9.10. The number of thioether (sulfide) groups is 1. The standard InChI is InChI=1S/C18H16BrFN2O2S2/c1-18(2,3)24-14(23)9-25-17-22-16-13(26-17)8-11(19)15(21-16)10-6-4-5-7-12(10)20/h4-8H,9H2,1-3H3. The smallest absolute Gasteiger partial charge is 0.316 e. The van der Waals surface area contributed by atoms with Gasteiger partial charge in [-0.25, -0.2) is 14.4 Å². The SMILES string of the molecule is CC(C)(C)OC(=O)CSc1nc2nc(-c3ccccc3F)c(Br)cc2s1. The fourth-order valence-corrected chi connectivity index (χ4v) is 4.71. The van der Waals surface area contributed by atoms with Crippen molar-refractivity contribution in [2.45, 2.75) is 30.7 Å². The van der Waals surface area contributed by atoms with Crippen molar-refractivity contribution >= 4 is 55.3 Å². The first kappa shape index (κ1) is 19.3. The van der Waals surface area contributed by atoms with Gasteiger partial charge in [0.05, 0.1) is 16.1 Å². The summed E-state index contributed by atoms with van der Waals surface area (Å²) in [6.07, 6.45) is 0. The van der Waals surface area contributed by atoms with Crippen molar-refractivity contribution in [3.05, 3.63) is 40.6 Å². The van der Waals surface area contributed by atoms with Gasteiger partial charge in [0.15, 0.2) is 9.99 Å². The molecule has 26 heavy (non-hydrogen) atoms. The van der Waals surface area contributed by atoms with Gasteiger partial charge in [-0.2, -0.15) is 0 Å². The molecule has 0 aliphatic rings. The number of fused-ring (bicyclic) bond motifs is 1. The van der Waals surface area contributed by atoms with Crippen molar-refractivity contribution in [1.82, 2.24) is 9.97 Å². The van der Waals surface area contributed by atoms with Crippen LogP contribution in [0.4, 0.5) is 4.39 Å². The van der Waals surface area contributed by atoms with Crippen molar-refractivity contribution in [3.63, 3.8) is 0 Å². The minimum Gasteiger partial charge on any atom is -0.459 e. The number of carbonyl (C=O) groups excluding carboxylic acids is 1. The molecule has 0 radical (unpaired) electrons. The molecule has 3 aromatic rings. The Balaban J connectivity index is 1.84. The molecule has 0 saturated carbocycles. The van der Waals surface area contributed by atoms with Gasteiger partial charge in [-0.05, 0) is 54.9 Å². The Hall–Kier alpha value is -1.51. The number of rotatable bonds is 4. The van der Waals surface area contributed by atoms with Gasteiger partial charge in [0, 0.05) is 10.0 Å². The summed E-state index contributed by atoms with van der Waals surface area (Å²) in [4.78, 5) is 20.8. The molecule has 3 rings (SSSR count). The fraction of sp³-hybridized carbons (Fsp3) is 0.278. The topological polar surface area (TPSA) is 52.1 Å². The minimum atomic E-state index is -0.508. The average molecular weight is 455 g/mol. The summed E-state index contributed by atoms with van der Waals surface area (Å²) in [5, 5.41) is 0. The molecule has 0 amide bonds. The molecule has 4 nitrogen and oxygen atoms in total. The predicted molar refractivity (Wildman–Crippen MR) is 107 cm³/mol. The van der Waals surface area contributed by atoms with E-state index in [0.29, 0.717) is 21.4 Å². The number of aromatic nitrogens is 2. The van der Waals surface area contributed by atoms with Gasteiger partial charge in [0.2, 0.25) is 0 Å². The molecule has 2 aromatic heterocycles. The summed E-state index contributed by atoms with van der Waals surface area (Å²) >= 11 is 6.21. The zero-order valence-corrected chi connectivity index (χ0v) is 17.6. The van der Waals surface area contributed by atoms with Crippen LogP contribution in [-0.2, 0) is 9.53 Å². The zero-order chi connectivity index (χ0) is 18.9. The van der Waals surface area contributed by atoms with E-state index in [-0.39, 0.29) is 17.5 Å². The number of benzene rings is 1. The summed E-state index contributed by atoms with van der Waals surface area (Å²) in [6.45, 7) is 5.50. The van der Waals surface area contributed by atoms with Crippen LogP contribution in [0, 0.1) is 5.82 Å². The third-order valence-electron chi connectivity index (χ3n) is 3.18. The van der Waals surface area contributed by atoms with E-state index < -0.39 is 5.60 Å². The van der Waals surface area contributed by atoms with Crippen LogP contribution in [0.1, 0.15) is 20.8 Å². The Morgan fingerprint density at radius 2 is 2.04 bits per heavy atom. The lowest BCUT2D eigenvalue weighted by Crippen LogP contribution is -2.24. The number of hydrogen-bond donors (Lipinski definition) is 0. The van der Waals surface area contributed by atoms with E-state index in [4.69, 9.17) is 4.74 Å². The summed E-state index contributed by atoms with van der Waals surface area (Å²) in [7, 11) is 0. The molecule has 0 bridgehead atoms. The average Bonchev–Trinajstić information content (AvgIpc) is 2.93. The largest absolute Gasteiger partial charge is 0.459 e. The van der Waals surface area contributed by atoms with E-state index >= 15 is 0 Å². The zero-order valence-electron chi connectivity index (χ0n) is 14.4. The second-order valence-electron chi connectivity index (χ2n) is 6.48. The number of nitrogens with zero attached hydrogens (tertiary/aromatic N) is 2. The van der Waals surface area contributed by atoms with Crippen molar-refractivity contribution in [1.29, 1.82) is 0 Å². The van der Waals surface area contributed by atoms with E-state index in [1.165, 1.54) is 29.2 Å². The van der Waals surface area contributed by atoms with Crippen LogP contribution >= 0.6 is 39.0 Å². The molecule has 0 N–H and O–H groups in total. The maximum absolute atomic E-state index is 14.1. The number of thiazole rings is 1. The molecular weight excluding hydrogens is 439 g/mol. The highest BCUT2D eigenvalue weighted by Gasteiger charge is 2.18. The summed E-state index contributed by atoms with van der Waals surface area (Å²) in [5.41, 5.74) is 0.941. The van der Waals surface area contributed by atoms with Crippen LogP contribution in [-0.4, -0.2) is 27.3 Å². The van der Waals surface area contributed by atoms with Crippen LogP contribution < -0.4 is 0 Å². The van der Waals surface area contributed by atoms with Crippen LogP contribution in [0.2, 0.25) is 0 Å². The van der Waals surface area contributed by atoms with Crippen molar-refractivity contribution in [3.8, 4) is 11.3 Å². The maximum atomic E-state index is 14.1. The van der Waals surface area contributed by atoms with Gasteiger partial charge in [-0.1, -0.05) is 23.9 Å². The molecule has 0 saturated heterocycles. The monoisotopic (exact) mass is 454 g/mol. The van der Waals surface area contributed by atoms with Gasteiger partial charge in [-0.15, -0.1) is 11.3 Å². The number of ether oxygens (including phenoxy) is 1. The Labute approximate surface area is 167 Å². The van der Waals surface area contributed by atoms with E-state index in [2.05, 4.69) is 25.9 Å². The molecule has 0 spiro atoms. The molecule has 8 heteroatoms. The quantitative estimate of drug-likeness (QED) is 0.374. The van der Waals surface area contributed by atoms with Crippen LogP contribution in [0.15, 0.2) is 39.1 Å². The molecule has 0 aliphatic carbocycles. The summed E-state index contributed by atoms with van der Waals surface area (Å²) in [6, 6.07) is 8.36. The second-order valence-corrected chi connectivity index (χ2v) is 9.58. The first-order chi connectivity index (χ1) is 12.2. The number of hydrogen-bond acceptors (Lipinski definition) is 6. The molecule has 0 aliphatic heterocycles. The molecule has 2 heterocycles. The van der Waals surface area contributed by atoms with E-state index in [1.807, 2.05) is 26.8 Å². The van der Waals surface area contributed by atoms with E-state index in [9.17, 15) is 9.18 Å². The van der Waals surface area contributed by atoms with Gasteiger partial charge in [0.25, 0.3) is 0 Å². The summed E-state index contributed by atoms with van der Waals surface area (Å²) < 4.78 is 21.6. The molecule has 136 valence electrons. The highest BCUT2D eigenvalue weighted by Crippen LogP contribution is 2.35. The van der Waals surface area contributed by atoms with Gasteiger partial charge in [-0.3, -0.25) is 4.79 Å². The molecule has 0 unspecified atom stereocenters. The number of esters is 1. The van der Waals surface area contributed by atoms with Crippen molar-refractivity contribution in [2.75, 3.05) is 5.75 Å². The Morgan fingerprint density at radius 1 is 1.31 bits per heavy atom. The number of pyridine rings is 1. The van der Waals surface area contributed by atoms with Crippen LogP contribution in [0.3, 0.4) is 0 Å². The van der Waals surface area contributed by atoms with Crippen LogP contribution in [0.25, 0.3) is 21.6 Å². The minimum absolute atomic E-state index is 0.179. The molecule has 0 atom stereocenters. The van der Waals surface area contributed by atoms with Crippen molar-refractivity contribution in [2.24, 2.45) is 0 Å². The Morgan fingerprint density at radius 3 is 2.73 bits per heavy atom. The first-order valence-corrected chi connectivity index (χ1v) is 10.4. The Kier molecular flexibility index (Phi) is 5.64. The third kappa shape index (κ3) is 4.61. The van der Waals surface area contributed by atoms with Crippen molar-refractivity contribution < 1.29 is 13.9 Å². The van der Waals surface area contributed by atoms with E-state index in [0.717, 1.165) is 9.04 Å². The molecule has 0 fully saturated rings. The van der Waals surface area contributed by atoms with Gasteiger partial charge < -0.3 is 4.74 Å². The van der Waals surface area contributed by atoms with Gasteiger partial charge >= 0.3 is 5.97 Å². The lowest BCUT2D eigenvalue weighted by Gasteiger charge is -2.18. The van der Waals surface area contributed by atoms with Crippen LogP contribution in [0.5, 0.6) is 0 Å². The Bertz CT molecular complexity index is 969. The third-order valence-corrected chi connectivity index (χ3v) is 5.89. The second kappa shape index (κ2) is 7.62. The van der Waals surface area contributed by atoms with E-state index in [1.54, 1.807) is 18.2 Å². The lowest BCUT2D eigenvalue weighted by molar-refractivity contribution is -0.151. The predicted octanol–water partition coefficient (Wildman–Crippen LogP) is 5.69. The maximum Gasteiger partial charge on any atom is 0.316 e. The molecule has 1 aromatic carbocycles.